The molecular formula is C10H17BrN2O2S2. The van der Waals surface area contributed by atoms with Gasteiger partial charge >= 0.3 is 0 Å². The Bertz CT molecular complexity index is 457. The summed E-state index contributed by atoms with van der Waals surface area (Å²) in [6.45, 7) is 5.93. The fraction of sp³-hybridized carbons (Fsp3) is 0.700. The number of aryl methyl sites for hydroxylation is 1. The van der Waals surface area contributed by atoms with E-state index < -0.39 is 10.0 Å². The minimum atomic E-state index is -3.42. The number of hydrogen-bond donors (Lipinski definition) is 1. The fourth-order valence-corrected chi connectivity index (χ4v) is 4.47. The Balaban J connectivity index is 2.78. The Kier molecular flexibility index (Phi) is 5.56. The molecule has 0 spiro atoms. The Morgan fingerprint density at radius 1 is 1.53 bits per heavy atom. The van der Waals surface area contributed by atoms with E-state index in [2.05, 4.69) is 39.5 Å². The number of thiazole rings is 1. The van der Waals surface area contributed by atoms with Gasteiger partial charge in [-0.25, -0.2) is 18.1 Å². The lowest BCUT2D eigenvalue weighted by Gasteiger charge is -2.17. The summed E-state index contributed by atoms with van der Waals surface area (Å²) in [5.41, 5.74) is 0. The van der Waals surface area contributed by atoms with E-state index in [9.17, 15) is 8.42 Å². The number of aromatic nitrogens is 1. The van der Waals surface area contributed by atoms with E-state index in [1.807, 2.05) is 0 Å². The van der Waals surface area contributed by atoms with Crippen LogP contribution in [0.3, 0.4) is 0 Å². The van der Waals surface area contributed by atoms with Gasteiger partial charge in [0.15, 0.2) is 4.21 Å². The average Bonchev–Trinajstić information content (AvgIpc) is 2.63. The Morgan fingerprint density at radius 2 is 2.18 bits per heavy atom. The van der Waals surface area contributed by atoms with Crippen molar-refractivity contribution in [3.63, 3.8) is 0 Å². The van der Waals surface area contributed by atoms with Gasteiger partial charge in [-0.1, -0.05) is 29.8 Å². The SMILES string of the molecule is Cc1ncc(S(=O)(=O)NC(CBr)CC(C)C)s1. The molecule has 0 saturated heterocycles. The molecule has 0 bridgehead atoms. The van der Waals surface area contributed by atoms with E-state index in [-0.39, 0.29) is 10.3 Å². The highest BCUT2D eigenvalue weighted by molar-refractivity contribution is 9.09. The third-order valence-corrected chi connectivity index (χ3v) is 5.80. The molecule has 4 nitrogen and oxygen atoms in total. The summed E-state index contributed by atoms with van der Waals surface area (Å²) in [5.74, 6) is 0.448. The lowest BCUT2D eigenvalue weighted by molar-refractivity contribution is 0.488. The van der Waals surface area contributed by atoms with Crippen LogP contribution in [0, 0.1) is 12.8 Å². The Labute approximate surface area is 115 Å². The zero-order valence-corrected chi connectivity index (χ0v) is 13.3. The van der Waals surface area contributed by atoms with E-state index >= 15 is 0 Å². The van der Waals surface area contributed by atoms with Crippen molar-refractivity contribution in [2.75, 3.05) is 5.33 Å². The number of nitrogens with zero attached hydrogens (tertiary/aromatic N) is 1. The van der Waals surface area contributed by atoms with Crippen LogP contribution in [0.4, 0.5) is 0 Å². The first-order valence-electron chi connectivity index (χ1n) is 5.36. The third-order valence-electron chi connectivity index (χ3n) is 2.13. The minimum Gasteiger partial charge on any atom is -0.249 e. The predicted molar refractivity (Wildman–Crippen MR) is 74.2 cm³/mol. The third kappa shape index (κ3) is 4.65. The maximum Gasteiger partial charge on any atom is 0.251 e. The van der Waals surface area contributed by atoms with Crippen molar-refractivity contribution in [3.8, 4) is 0 Å². The number of halogens is 1. The molecule has 7 heteroatoms. The standard InChI is InChI=1S/C10H17BrN2O2S2/c1-7(2)4-9(5-11)13-17(14,15)10-6-12-8(3)16-10/h6-7,9,13H,4-5H2,1-3H3. The van der Waals surface area contributed by atoms with Crippen LogP contribution in [0.25, 0.3) is 0 Å². The number of alkyl halides is 1. The molecule has 1 atom stereocenters. The predicted octanol–water partition coefficient (Wildman–Crippen LogP) is 2.54. The van der Waals surface area contributed by atoms with Crippen LogP contribution in [0.15, 0.2) is 10.4 Å². The van der Waals surface area contributed by atoms with Crippen LogP contribution in [-0.4, -0.2) is 24.8 Å². The number of hydrogen-bond acceptors (Lipinski definition) is 4. The zero-order valence-electron chi connectivity index (χ0n) is 10.1. The van der Waals surface area contributed by atoms with Gasteiger partial charge in [0.1, 0.15) is 0 Å². The van der Waals surface area contributed by atoms with Gasteiger partial charge in [0.05, 0.1) is 11.2 Å². The van der Waals surface area contributed by atoms with Crippen molar-refractivity contribution >= 4 is 37.3 Å². The van der Waals surface area contributed by atoms with Crippen molar-refractivity contribution in [2.45, 2.75) is 37.4 Å². The van der Waals surface area contributed by atoms with E-state index in [1.54, 1.807) is 6.92 Å². The molecule has 0 aliphatic heterocycles. The Morgan fingerprint density at radius 3 is 2.59 bits per heavy atom. The summed E-state index contributed by atoms with van der Waals surface area (Å²) < 4.78 is 27.1. The first kappa shape index (κ1) is 15.1. The molecule has 17 heavy (non-hydrogen) atoms. The van der Waals surface area contributed by atoms with Gasteiger partial charge in [0.25, 0.3) is 10.0 Å². The number of nitrogens with one attached hydrogen (secondary N) is 1. The molecule has 0 aliphatic carbocycles. The van der Waals surface area contributed by atoms with Gasteiger partial charge < -0.3 is 0 Å². The van der Waals surface area contributed by atoms with Crippen molar-refractivity contribution in [1.82, 2.24) is 9.71 Å². The second kappa shape index (κ2) is 6.26. The number of rotatable bonds is 6. The van der Waals surface area contributed by atoms with Crippen LogP contribution < -0.4 is 4.72 Å². The Hall–Kier alpha value is 0.0200. The molecular weight excluding hydrogens is 324 g/mol. The van der Waals surface area contributed by atoms with E-state index in [0.29, 0.717) is 11.2 Å². The second-order valence-electron chi connectivity index (χ2n) is 4.30. The fourth-order valence-electron chi connectivity index (χ4n) is 1.46. The molecule has 1 aromatic heterocycles. The quantitative estimate of drug-likeness (QED) is 0.809. The normalized spacial score (nSPS) is 14.2. The van der Waals surface area contributed by atoms with Gasteiger partial charge in [0, 0.05) is 11.4 Å². The van der Waals surface area contributed by atoms with Crippen molar-refractivity contribution in [2.24, 2.45) is 5.92 Å². The van der Waals surface area contributed by atoms with Crippen LogP contribution >= 0.6 is 27.3 Å². The van der Waals surface area contributed by atoms with Gasteiger partial charge in [0.2, 0.25) is 0 Å². The maximum atomic E-state index is 12.0. The molecule has 98 valence electrons. The first-order valence-corrected chi connectivity index (χ1v) is 8.78. The second-order valence-corrected chi connectivity index (χ2v) is 8.12. The lowest BCUT2D eigenvalue weighted by atomic mass is 10.1. The van der Waals surface area contributed by atoms with Gasteiger partial charge in [-0.05, 0) is 19.3 Å². The summed E-state index contributed by atoms with van der Waals surface area (Å²) in [6.07, 6.45) is 2.21. The van der Waals surface area contributed by atoms with Crippen LogP contribution in [0.5, 0.6) is 0 Å². The molecule has 0 fully saturated rings. The summed E-state index contributed by atoms with van der Waals surface area (Å²) in [7, 11) is -3.42. The van der Waals surface area contributed by atoms with Crippen LogP contribution in [-0.2, 0) is 10.0 Å². The molecule has 1 aromatic rings. The van der Waals surface area contributed by atoms with E-state index in [4.69, 9.17) is 0 Å². The zero-order chi connectivity index (χ0) is 13.1. The van der Waals surface area contributed by atoms with Gasteiger partial charge in [-0.15, -0.1) is 11.3 Å². The molecule has 1 rings (SSSR count). The highest BCUT2D eigenvalue weighted by Gasteiger charge is 2.22. The smallest absolute Gasteiger partial charge is 0.249 e. The largest absolute Gasteiger partial charge is 0.251 e. The summed E-state index contributed by atoms with van der Waals surface area (Å²) >= 11 is 4.52. The average molecular weight is 341 g/mol. The van der Waals surface area contributed by atoms with Crippen molar-refractivity contribution in [1.29, 1.82) is 0 Å². The van der Waals surface area contributed by atoms with Crippen LogP contribution in [0.2, 0.25) is 0 Å². The van der Waals surface area contributed by atoms with E-state index in [1.165, 1.54) is 17.5 Å². The van der Waals surface area contributed by atoms with Crippen molar-refractivity contribution < 1.29 is 8.42 Å². The first-order chi connectivity index (χ1) is 7.85. The molecule has 0 aliphatic rings. The van der Waals surface area contributed by atoms with Gasteiger partial charge in [-0.3, -0.25) is 0 Å². The topological polar surface area (TPSA) is 59.1 Å². The summed E-state index contributed by atoms with van der Waals surface area (Å²) in [4.78, 5) is 3.96. The molecule has 1 unspecified atom stereocenters. The summed E-state index contributed by atoms with van der Waals surface area (Å²) in [6, 6.07) is -0.0811. The summed E-state index contributed by atoms with van der Waals surface area (Å²) in [5, 5.41) is 1.37. The lowest BCUT2D eigenvalue weighted by Crippen LogP contribution is -2.36. The molecule has 0 radical (unpaired) electrons. The van der Waals surface area contributed by atoms with E-state index in [0.717, 1.165) is 11.4 Å². The van der Waals surface area contributed by atoms with Crippen LogP contribution in [0.1, 0.15) is 25.3 Å². The molecule has 1 heterocycles. The molecule has 0 aromatic carbocycles. The highest BCUT2D eigenvalue weighted by Crippen LogP contribution is 2.19. The molecule has 0 amide bonds. The number of sulfonamides is 1. The molecule has 1 N–H and O–H groups in total. The molecule has 0 saturated carbocycles. The van der Waals surface area contributed by atoms with Crippen molar-refractivity contribution in [3.05, 3.63) is 11.2 Å². The minimum absolute atomic E-state index is 0.0811. The highest BCUT2D eigenvalue weighted by atomic mass is 79.9. The maximum absolute atomic E-state index is 12.0. The monoisotopic (exact) mass is 340 g/mol. The van der Waals surface area contributed by atoms with Gasteiger partial charge in [-0.2, -0.15) is 0 Å².